The predicted octanol–water partition coefficient (Wildman–Crippen LogP) is 5.93. The standard InChI is InChI=1S/C21H22Cl2FNO/c1-3-14-10-17(22)20(18(23)11-14)25-12-15(8-13(2)21(25)26)9-16-6-4-5-7-19(16)24/h4-7,10-11,13,15H,3,8-9,12H2,1-2H3/t13-,15-/m1/s1. The molecular formula is C21H22Cl2FNO. The maximum absolute atomic E-state index is 14.0. The molecule has 2 atom stereocenters. The lowest BCUT2D eigenvalue weighted by Crippen LogP contribution is -2.45. The number of halogens is 3. The van der Waals surface area contributed by atoms with E-state index in [1.54, 1.807) is 17.0 Å². The average Bonchev–Trinajstić information content (AvgIpc) is 2.60. The number of carbonyl (C=O) groups excluding carboxylic acids is 1. The van der Waals surface area contributed by atoms with Crippen LogP contribution in [0.3, 0.4) is 0 Å². The first kappa shape index (κ1) is 19.2. The topological polar surface area (TPSA) is 20.3 Å². The highest BCUT2D eigenvalue weighted by Gasteiger charge is 2.34. The minimum Gasteiger partial charge on any atom is -0.309 e. The lowest BCUT2D eigenvalue weighted by atomic mass is 9.85. The fourth-order valence-electron chi connectivity index (χ4n) is 3.69. The van der Waals surface area contributed by atoms with Gasteiger partial charge in [-0.15, -0.1) is 0 Å². The van der Waals surface area contributed by atoms with Crippen molar-refractivity contribution >= 4 is 34.8 Å². The zero-order chi connectivity index (χ0) is 18.8. The lowest BCUT2D eigenvalue weighted by molar-refractivity contribution is -0.124. The molecule has 0 unspecified atom stereocenters. The van der Waals surface area contributed by atoms with Gasteiger partial charge in [0.25, 0.3) is 0 Å². The molecular weight excluding hydrogens is 372 g/mol. The van der Waals surface area contributed by atoms with Gasteiger partial charge in [-0.1, -0.05) is 55.2 Å². The second-order valence-corrected chi connectivity index (χ2v) is 7.82. The molecule has 0 aromatic heterocycles. The van der Waals surface area contributed by atoms with Gasteiger partial charge < -0.3 is 4.90 Å². The Morgan fingerprint density at radius 2 is 1.85 bits per heavy atom. The Morgan fingerprint density at radius 1 is 1.19 bits per heavy atom. The second-order valence-electron chi connectivity index (χ2n) is 7.01. The Hall–Kier alpha value is -1.58. The summed E-state index contributed by atoms with van der Waals surface area (Å²) in [6.45, 7) is 4.42. The number of carbonyl (C=O) groups is 1. The maximum Gasteiger partial charge on any atom is 0.229 e. The minimum atomic E-state index is -0.202. The summed E-state index contributed by atoms with van der Waals surface area (Å²) in [6.07, 6.45) is 2.13. The molecule has 1 fully saturated rings. The van der Waals surface area contributed by atoms with Gasteiger partial charge in [0.1, 0.15) is 5.82 Å². The monoisotopic (exact) mass is 393 g/mol. The second kappa shape index (κ2) is 7.98. The van der Waals surface area contributed by atoms with Crippen molar-refractivity contribution in [2.75, 3.05) is 11.4 Å². The quantitative estimate of drug-likeness (QED) is 0.630. The van der Waals surface area contributed by atoms with Gasteiger partial charge in [0.05, 0.1) is 15.7 Å². The molecule has 1 heterocycles. The van der Waals surface area contributed by atoms with E-state index in [1.807, 2.05) is 32.0 Å². The fourth-order valence-corrected chi connectivity index (χ4v) is 4.43. The fraction of sp³-hybridized carbons (Fsp3) is 0.381. The smallest absolute Gasteiger partial charge is 0.229 e. The van der Waals surface area contributed by atoms with Crippen LogP contribution in [0.4, 0.5) is 10.1 Å². The van der Waals surface area contributed by atoms with Crippen LogP contribution in [-0.2, 0) is 17.6 Å². The zero-order valence-corrected chi connectivity index (χ0v) is 16.4. The van der Waals surface area contributed by atoms with Crippen LogP contribution in [0, 0.1) is 17.7 Å². The molecule has 2 nitrogen and oxygen atoms in total. The first-order valence-corrected chi connectivity index (χ1v) is 9.69. The Bertz CT molecular complexity index is 800. The first-order chi connectivity index (χ1) is 12.4. The van der Waals surface area contributed by atoms with Crippen LogP contribution >= 0.6 is 23.2 Å². The van der Waals surface area contributed by atoms with Gasteiger partial charge >= 0.3 is 0 Å². The van der Waals surface area contributed by atoms with Crippen molar-refractivity contribution in [3.63, 3.8) is 0 Å². The summed E-state index contributed by atoms with van der Waals surface area (Å²) in [5.74, 6) is -0.189. The van der Waals surface area contributed by atoms with Crippen molar-refractivity contribution < 1.29 is 9.18 Å². The number of aryl methyl sites for hydroxylation is 1. The van der Waals surface area contributed by atoms with E-state index in [4.69, 9.17) is 23.2 Å². The van der Waals surface area contributed by atoms with E-state index in [0.717, 1.165) is 18.4 Å². The summed E-state index contributed by atoms with van der Waals surface area (Å²) in [7, 11) is 0. The number of anilines is 1. The number of hydrogen-bond acceptors (Lipinski definition) is 1. The van der Waals surface area contributed by atoms with Crippen LogP contribution in [0.1, 0.15) is 31.4 Å². The molecule has 138 valence electrons. The average molecular weight is 394 g/mol. The molecule has 5 heteroatoms. The third kappa shape index (κ3) is 3.89. The molecule has 1 amide bonds. The SMILES string of the molecule is CCc1cc(Cl)c(N2C[C@@H](Cc3ccccc3F)C[C@@H](C)C2=O)c(Cl)c1. The maximum atomic E-state index is 14.0. The van der Waals surface area contributed by atoms with E-state index < -0.39 is 0 Å². The number of nitrogens with zero attached hydrogens (tertiary/aromatic N) is 1. The molecule has 0 radical (unpaired) electrons. The summed E-state index contributed by atoms with van der Waals surface area (Å²) in [4.78, 5) is 14.5. The van der Waals surface area contributed by atoms with E-state index in [0.29, 0.717) is 34.3 Å². The van der Waals surface area contributed by atoms with Gasteiger partial charge in [0.2, 0.25) is 5.91 Å². The number of piperidine rings is 1. The third-order valence-electron chi connectivity index (χ3n) is 5.04. The van der Waals surface area contributed by atoms with Crippen LogP contribution in [-0.4, -0.2) is 12.5 Å². The molecule has 1 aliphatic rings. The predicted molar refractivity (Wildman–Crippen MR) is 106 cm³/mol. The van der Waals surface area contributed by atoms with E-state index in [-0.39, 0.29) is 23.6 Å². The van der Waals surface area contributed by atoms with Gasteiger partial charge in [0, 0.05) is 12.5 Å². The Labute approximate surface area is 163 Å². The Morgan fingerprint density at radius 3 is 2.46 bits per heavy atom. The normalized spacial score (nSPS) is 20.5. The minimum absolute atomic E-state index is 0.0165. The number of benzene rings is 2. The van der Waals surface area contributed by atoms with Gasteiger partial charge in [-0.2, -0.15) is 0 Å². The summed E-state index contributed by atoms with van der Waals surface area (Å²) >= 11 is 12.9. The van der Waals surface area contributed by atoms with Crippen molar-refractivity contribution in [3.8, 4) is 0 Å². The van der Waals surface area contributed by atoms with Crippen LogP contribution in [0.2, 0.25) is 10.0 Å². The van der Waals surface area contributed by atoms with Crippen molar-refractivity contribution in [1.29, 1.82) is 0 Å². The zero-order valence-electron chi connectivity index (χ0n) is 14.9. The number of hydrogen-bond donors (Lipinski definition) is 0. The summed E-state index contributed by atoms with van der Waals surface area (Å²) in [6, 6.07) is 10.5. The van der Waals surface area contributed by atoms with Crippen LogP contribution in [0.5, 0.6) is 0 Å². The van der Waals surface area contributed by atoms with E-state index in [9.17, 15) is 9.18 Å². The van der Waals surface area contributed by atoms with Gasteiger partial charge in [-0.05, 0) is 54.5 Å². The first-order valence-electron chi connectivity index (χ1n) is 8.93. The molecule has 0 spiro atoms. The van der Waals surface area contributed by atoms with Crippen molar-refractivity contribution in [3.05, 3.63) is 63.4 Å². The molecule has 0 saturated carbocycles. The number of rotatable bonds is 4. The van der Waals surface area contributed by atoms with Crippen LogP contribution in [0.15, 0.2) is 36.4 Å². The molecule has 2 aromatic carbocycles. The van der Waals surface area contributed by atoms with Gasteiger partial charge in [-0.3, -0.25) is 4.79 Å². The highest BCUT2D eigenvalue weighted by Crippen LogP contribution is 2.39. The molecule has 2 aromatic rings. The molecule has 1 saturated heterocycles. The lowest BCUT2D eigenvalue weighted by Gasteiger charge is -2.37. The van der Waals surface area contributed by atoms with Crippen LogP contribution in [0.25, 0.3) is 0 Å². The highest BCUT2D eigenvalue weighted by molar-refractivity contribution is 6.40. The molecule has 3 rings (SSSR count). The summed E-state index contributed by atoms with van der Waals surface area (Å²) < 4.78 is 14.0. The van der Waals surface area contributed by atoms with Gasteiger partial charge in [0.15, 0.2) is 0 Å². The molecule has 1 aliphatic heterocycles. The highest BCUT2D eigenvalue weighted by atomic mass is 35.5. The summed E-state index contributed by atoms with van der Waals surface area (Å²) in [5.41, 5.74) is 2.28. The van der Waals surface area contributed by atoms with Crippen LogP contribution < -0.4 is 4.90 Å². The molecule has 26 heavy (non-hydrogen) atoms. The van der Waals surface area contributed by atoms with Crippen molar-refractivity contribution in [2.24, 2.45) is 11.8 Å². The Balaban J connectivity index is 1.90. The number of amides is 1. The molecule has 0 N–H and O–H groups in total. The Kier molecular flexibility index (Phi) is 5.89. The van der Waals surface area contributed by atoms with E-state index >= 15 is 0 Å². The van der Waals surface area contributed by atoms with Gasteiger partial charge in [-0.25, -0.2) is 4.39 Å². The molecule has 0 bridgehead atoms. The van der Waals surface area contributed by atoms with Crippen molar-refractivity contribution in [2.45, 2.75) is 33.1 Å². The van der Waals surface area contributed by atoms with Crippen molar-refractivity contribution in [1.82, 2.24) is 0 Å². The molecule has 0 aliphatic carbocycles. The van der Waals surface area contributed by atoms with E-state index in [2.05, 4.69) is 0 Å². The van der Waals surface area contributed by atoms with E-state index in [1.165, 1.54) is 6.07 Å². The summed E-state index contributed by atoms with van der Waals surface area (Å²) in [5, 5.41) is 0.975. The third-order valence-corrected chi connectivity index (χ3v) is 5.61. The largest absolute Gasteiger partial charge is 0.309 e.